The van der Waals surface area contributed by atoms with Gasteiger partial charge in [-0.2, -0.15) is 0 Å². The summed E-state index contributed by atoms with van der Waals surface area (Å²) in [5.74, 6) is -1.61. The molecule has 0 aliphatic rings. The lowest BCUT2D eigenvalue weighted by Gasteiger charge is -2.33. The van der Waals surface area contributed by atoms with Crippen LogP contribution in [0, 0.1) is 0 Å². The maximum Gasteiger partial charge on any atom is 0.408 e. The summed E-state index contributed by atoms with van der Waals surface area (Å²) in [6.07, 6.45) is 2.31. The number of rotatable bonds is 11. The van der Waals surface area contributed by atoms with Crippen LogP contribution < -0.4 is 10.6 Å². The summed E-state index contributed by atoms with van der Waals surface area (Å²) in [6, 6.07) is 5.08. The van der Waals surface area contributed by atoms with Crippen molar-refractivity contribution < 1.29 is 28.7 Å². The first-order valence-corrected chi connectivity index (χ1v) is 11.3. The molecule has 1 aromatic carbocycles. The first kappa shape index (κ1) is 28.7. The number of nitrogens with one attached hydrogen (secondary N) is 2. The van der Waals surface area contributed by atoms with Gasteiger partial charge in [-0.05, 0) is 51.3 Å². The molecule has 0 bridgehead atoms. The molecule has 3 amide bonds. The molecule has 1 aromatic rings. The van der Waals surface area contributed by atoms with E-state index in [2.05, 4.69) is 21.9 Å². The highest BCUT2D eigenvalue weighted by Gasteiger charge is 2.34. The summed E-state index contributed by atoms with van der Waals surface area (Å²) in [7, 11) is 1.22. The molecule has 2 atom stereocenters. The molecule has 0 aliphatic carbocycles. The smallest absolute Gasteiger partial charge is 0.408 e. The van der Waals surface area contributed by atoms with Crippen molar-refractivity contribution in [1.29, 1.82) is 0 Å². The van der Waals surface area contributed by atoms with Crippen molar-refractivity contribution in [2.45, 2.75) is 65.1 Å². The zero-order valence-electron chi connectivity index (χ0n) is 21.0. The maximum absolute atomic E-state index is 13.5. The van der Waals surface area contributed by atoms with Crippen molar-refractivity contribution >= 4 is 30.0 Å². The summed E-state index contributed by atoms with van der Waals surface area (Å²) in [5.41, 5.74) is 0.593. The van der Waals surface area contributed by atoms with Crippen LogP contribution in [0.25, 0.3) is 6.08 Å². The second-order valence-electron chi connectivity index (χ2n) is 8.82. The van der Waals surface area contributed by atoms with Gasteiger partial charge in [-0.15, -0.1) is 0 Å². The first-order chi connectivity index (χ1) is 15.9. The number of ether oxygens (including phenoxy) is 2. The van der Waals surface area contributed by atoms with Gasteiger partial charge >= 0.3 is 12.1 Å². The Bertz CT molecular complexity index is 878. The fourth-order valence-corrected chi connectivity index (χ4v) is 3.15. The molecule has 0 saturated heterocycles. The van der Waals surface area contributed by atoms with Crippen molar-refractivity contribution in [3.8, 4) is 0 Å². The third kappa shape index (κ3) is 9.25. The summed E-state index contributed by atoms with van der Waals surface area (Å²) in [4.78, 5) is 52.0. The van der Waals surface area contributed by atoms with Crippen molar-refractivity contribution in [1.82, 2.24) is 15.5 Å². The third-order valence-corrected chi connectivity index (χ3v) is 4.80. The molecule has 2 N–H and O–H groups in total. The number of carbonyl (C=O) groups excluding carboxylic acids is 4. The van der Waals surface area contributed by atoms with E-state index in [9.17, 15) is 19.2 Å². The van der Waals surface area contributed by atoms with Crippen LogP contribution in [0.2, 0.25) is 0 Å². The third-order valence-electron chi connectivity index (χ3n) is 4.80. The van der Waals surface area contributed by atoms with Crippen LogP contribution in [0.15, 0.2) is 30.8 Å². The van der Waals surface area contributed by atoms with E-state index in [1.807, 2.05) is 13.0 Å². The van der Waals surface area contributed by atoms with Gasteiger partial charge in [-0.3, -0.25) is 14.4 Å². The van der Waals surface area contributed by atoms with Gasteiger partial charge in [0, 0.05) is 6.54 Å². The van der Waals surface area contributed by atoms with E-state index in [1.54, 1.807) is 45.0 Å². The minimum atomic E-state index is -1.04. The number of hydrogen-bond acceptors (Lipinski definition) is 6. The Hall–Kier alpha value is -3.36. The van der Waals surface area contributed by atoms with Gasteiger partial charge < -0.3 is 25.0 Å². The Morgan fingerprint density at radius 2 is 1.88 bits per heavy atom. The Kier molecular flexibility index (Phi) is 11.3. The summed E-state index contributed by atoms with van der Waals surface area (Å²) >= 11 is 0. The number of carbonyl (C=O) groups is 4. The second-order valence-corrected chi connectivity index (χ2v) is 8.82. The molecule has 1 rings (SSSR count). The van der Waals surface area contributed by atoms with Crippen LogP contribution in [0.4, 0.5) is 4.79 Å². The second kappa shape index (κ2) is 13.4. The Labute approximate surface area is 201 Å². The molecule has 0 saturated carbocycles. The number of unbranched alkanes of at least 4 members (excludes halogenated alkanes) is 1. The summed E-state index contributed by atoms with van der Waals surface area (Å²) in [5, 5.41) is 5.09. The molecule has 9 heteroatoms. The molecule has 188 valence electrons. The van der Waals surface area contributed by atoms with Crippen molar-refractivity contribution in [3.05, 3.63) is 42.0 Å². The first-order valence-electron chi connectivity index (χ1n) is 11.3. The summed E-state index contributed by atoms with van der Waals surface area (Å²) in [6.45, 7) is 12.4. The fourth-order valence-electron chi connectivity index (χ4n) is 3.15. The van der Waals surface area contributed by atoms with E-state index in [0.29, 0.717) is 12.0 Å². The maximum atomic E-state index is 13.5. The van der Waals surface area contributed by atoms with Crippen LogP contribution in [-0.2, 0) is 23.9 Å². The fraction of sp³-hybridized carbons (Fsp3) is 0.520. The monoisotopic (exact) mass is 475 g/mol. The van der Waals surface area contributed by atoms with Crippen molar-refractivity contribution in [3.63, 3.8) is 0 Å². The molecular formula is C25H37N3O6. The Balaban J connectivity index is 3.33. The number of alkyl carbamates (subject to hydrolysis) is 1. The number of benzene rings is 1. The van der Waals surface area contributed by atoms with E-state index in [0.717, 1.165) is 12.0 Å². The zero-order valence-corrected chi connectivity index (χ0v) is 21.0. The number of amides is 3. The van der Waals surface area contributed by atoms with Crippen molar-refractivity contribution in [2.75, 3.05) is 20.2 Å². The Morgan fingerprint density at radius 1 is 1.21 bits per heavy atom. The minimum absolute atomic E-state index is 0.268. The largest absolute Gasteiger partial charge is 0.468 e. The zero-order chi connectivity index (χ0) is 25.9. The van der Waals surface area contributed by atoms with Gasteiger partial charge in [0.15, 0.2) is 0 Å². The Morgan fingerprint density at radius 3 is 2.44 bits per heavy atom. The normalized spacial score (nSPS) is 12.6. The van der Waals surface area contributed by atoms with Crippen LogP contribution in [-0.4, -0.2) is 60.6 Å². The predicted octanol–water partition coefficient (Wildman–Crippen LogP) is 3.20. The summed E-state index contributed by atoms with van der Waals surface area (Å²) < 4.78 is 9.87. The highest BCUT2D eigenvalue weighted by molar-refractivity contribution is 5.93. The van der Waals surface area contributed by atoms with Gasteiger partial charge in [0.25, 0.3) is 0 Å². The van der Waals surface area contributed by atoms with Crippen LogP contribution in [0.1, 0.15) is 64.6 Å². The average Bonchev–Trinajstić information content (AvgIpc) is 2.78. The minimum Gasteiger partial charge on any atom is -0.468 e. The molecule has 9 nitrogen and oxygen atoms in total. The van der Waals surface area contributed by atoms with Gasteiger partial charge in [-0.25, -0.2) is 4.79 Å². The van der Waals surface area contributed by atoms with Gasteiger partial charge in [0.1, 0.15) is 24.2 Å². The standard InChI is InChI=1S/C25H37N3O6/c1-8-10-14-28(23(31)17(3)27-24(32)34-25(4,5)6)21(22(30)26-16-20(29)33-7)19-13-11-12-18(9-2)15-19/h9,11-13,15,17,21H,2,8,10,14,16H2,1,3-7H3,(H,26,30)(H,27,32). The number of methoxy groups -OCH3 is 1. The quantitative estimate of drug-likeness (QED) is 0.475. The molecule has 34 heavy (non-hydrogen) atoms. The topological polar surface area (TPSA) is 114 Å². The van der Waals surface area contributed by atoms with Crippen molar-refractivity contribution in [2.24, 2.45) is 0 Å². The molecule has 0 aliphatic heterocycles. The van der Waals surface area contributed by atoms with Crippen LogP contribution in [0.5, 0.6) is 0 Å². The molecule has 0 spiro atoms. The van der Waals surface area contributed by atoms with E-state index in [4.69, 9.17) is 4.74 Å². The van der Waals surface area contributed by atoms with Gasteiger partial charge in [-0.1, -0.05) is 44.2 Å². The van der Waals surface area contributed by atoms with E-state index in [-0.39, 0.29) is 13.1 Å². The van der Waals surface area contributed by atoms with Gasteiger partial charge in [0.2, 0.25) is 11.8 Å². The molecule has 2 unspecified atom stereocenters. The molecule has 0 fully saturated rings. The average molecular weight is 476 g/mol. The highest BCUT2D eigenvalue weighted by atomic mass is 16.6. The molecule has 0 heterocycles. The lowest BCUT2D eigenvalue weighted by Crippen LogP contribution is -2.52. The molecule has 0 aromatic heterocycles. The van der Waals surface area contributed by atoms with Gasteiger partial charge in [0.05, 0.1) is 7.11 Å². The highest BCUT2D eigenvalue weighted by Crippen LogP contribution is 2.24. The molecular weight excluding hydrogens is 438 g/mol. The predicted molar refractivity (Wildman–Crippen MR) is 130 cm³/mol. The van der Waals surface area contributed by atoms with Crippen LogP contribution in [0.3, 0.4) is 0 Å². The number of nitrogens with zero attached hydrogens (tertiary/aromatic N) is 1. The van der Waals surface area contributed by atoms with E-state index in [1.165, 1.54) is 18.9 Å². The number of esters is 1. The lowest BCUT2D eigenvalue weighted by molar-refractivity contribution is -0.144. The number of hydrogen-bond donors (Lipinski definition) is 2. The lowest BCUT2D eigenvalue weighted by atomic mass is 10.00. The molecule has 0 radical (unpaired) electrons. The van der Waals surface area contributed by atoms with E-state index < -0.39 is 41.6 Å². The SMILES string of the molecule is C=Cc1cccc(C(C(=O)NCC(=O)OC)N(CCCC)C(=O)C(C)NC(=O)OC(C)(C)C)c1. The van der Waals surface area contributed by atoms with E-state index >= 15 is 0 Å². The van der Waals surface area contributed by atoms with Crippen LogP contribution >= 0.6 is 0 Å².